The smallest absolute Gasteiger partial charge is 0.375 e. The number of carbonyl (C=O) groups is 2. The quantitative estimate of drug-likeness (QED) is 0.702. The van der Waals surface area contributed by atoms with Crippen LogP contribution in [0.2, 0.25) is 5.02 Å². The molecule has 1 amide bonds. The van der Waals surface area contributed by atoms with E-state index in [9.17, 15) is 18.0 Å². The average Bonchev–Trinajstić information content (AvgIpc) is 3.05. The Morgan fingerprint density at radius 2 is 1.96 bits per heavy atom. The highest BCUT2D eigenvalue weighted by molar-refractivity contribution is 7.89. The lowest BCUT2D eigenvalue weighted by Crippen LogP contribution is -2.30. The molecule has 0 radical (unpaired) electrons. The molecule has 0 aliphatic carbocycles. The van der Waals surface area contributed by atoms with E-state index in [1.807, 2.05) is 0 Å². The van der Waals surface area contributed by atoms with Gasteiger partial charge in [0, 0.05) is 5.02 Å². The molecule has 1 heterocycles. The molecule has 2 rings (SSSR count). The number of sulfonamides is 1. The Hall–Kier alpha value is -2.56. The van der Waals surface area contributed by atoms with Crippen LogP contribution in [-0.4, -0.2) is 33.5 Å². The Balaban J connectivity index is 2.06. The van der Waals surface area contributed by atoms with Gasteiger partial charge in [-0.1, -0.05) is 11.6 Å². The van der Waals surface area contributed by atoms with Crippen molar-refractivity contribution < 1.29 is 31.9 Å². The molecule has 26 heavy (non-hydrogen) atoms. The molecule has 1 unspecified atom stereocenters. The maximum atomic E-state index is 12.2. The summed E-state index contributed by atoms with van der Waals surface area (Å²) in [5, 5.41) is 7.18. The van der Waals surface area contributed by atoms with Gasteiger partial charge in [0.15, 0.2) is 6.10 Å². The molecular weight excluding hydrogens is 388 g/mol. The Kier molecular flexibility index (Phi) is 5.90. The van der Waals surface area contributed by atoms with Crippen molar-refractivity contribution in [1.82, 2.24) is 0 Å². The SMILES string of the molecule is COc1ccc(Cl)cc1NC(=O)C(C)OC(=O)c1ccc(S(N)(=O)=O)o1. The molecule has 0 saturated heterocycles. The number of esters is 1. The fourth-order valence-electron chi connectivity index (χ4n) is 1.87. The number of nitrogens with two attached hydrogens (primary N) is 1. The second-order valence-corrected chi connectivity index (χ2v) is 6.97. The average molecular weight is 403 g/mol. The molecule has 3 N–H and O–H groups in total. The number of benzene rings is 1. The normalized spacial score (nSPS) is 12.3. The van der Waals surface area contributed by atoms with Gasteiger partial charge in [-0.15, -0.1) is 0 Å². The Labute approximate surface area is 154 Å². The predicted octanol–water partition coefficient (Wildman–Crippen LogP) is 1.77. The second kappa shape index (κ2) is 7.77. The zero-order valence-corrected chi connectivity index (χ0v) is 15.3. The maximum absolute atomic E-state index is 12.2. The third-order valence-corrected chi connectivity index (χ3v) is 4.15. The van der Waals surface area contributed by atoms with Crippen molar-refractivity contribution in [2.45, 2.75) is 18.1 Å². The topological polar surface area (TPSA) is 138 Å². The lowest BCUT2D eigenvalue weighted by Gasteiger charge is -2.14. The summed E-state index contributed by atoms with van der Waals surface area (Å²) in [4.78, 5) is 24.1. The van der Waals surface area contributed by atoms with E-state index in [0.29, 0.717) is 16.5 Å². The molecule has 0 spiro atoms. The molecule has 0 aliphatic rings. The van der Waals surface area contributed by atoms with Crippen LogP contribution in [0.5, 0.6) is 5.75 Å². The summed E-state index contributed by atoms with van der Waals surface area (Å²) in [6.07, 6.45) is -1.21. The molecule has 0 bridgehead atoms. The lowest BCUT2D eigenvalue weighted by atomic mass is 10.2. The number of hydrogen-bond acceptors (Lipinski definition) is 7. The van der Waals surface area contributed by atoms with Crippen LogP contribution in [0.25, 0.3) is 0 Å². The second-order valence-electron chi connectivity index (χ2n) is 5.05. The third kappa shape index (κ3) is 4.75. The molecule has 1 aromatic heterocycles. The molecular formula is C15H15ClN2O7S. The van der Waals surface area contributed by atoms with E-state index in [0.717, 1.165) is 12.1 Å². The molecule has 9 nitrogen and oxygen atoms in total. The predicted molar refractivity (Wildman–Crippen MR) is 91.6 cm³/mol. The largest absolute Gasteiger partial charge is 0.495 e. The monoisotopic (exact) mass is 402 g/mol. The van der Waals surface area contributed by atoms with Gasteiger partial charge in [-0.05, 0) is 37.3 Å². The summed E-state index contributed by atoms with van der Waals surface area (Å²) in [5.41, 5.74) is 0.294. The van der Waals surface area contributed by atoms with Crippen molar-refractivity contribution in [3.8, 4) is 5.75 Å². The van der Waals surface area contributed by atoms with Crippen molar-refractivity contribution in [3.05, 3.63) is 41.1 Å². The first kappa shape index (κ1) is 19.8. The standard InChI is InChI=1S/C15H15ClN2O7S/c1-8(14(19)18-10-7-9(16)3-4-11(10)23-2)24-15(20)12-5-6-13(25-12)26(17,21)22/h3-8H,1-2H3,(H,18,19)(H2,17,21,22). The minimum Gasteiger partial charge on any atom is -0.495 e. The van der Waals surface area contributed by atoms with Crippen LogP contribution in [0.3, 0.4) is 0 Å². The summed E-state index contributed by atoms with van der Waals surface area (Å²) < 4.78 is 37.1. The lowest BCUT2D eigenvalue weighted by molar-refractivity contribution is -0.123. The van der Waals surface area contributed by atoms with Gasteiger partial charge in [0.1, 0.15) is 5.75 Å². The number of methoxy groups -OCH3 is 1. The van der Waals surface area contributed by atoms with Crippen LogP contribution in [0.1, 0.15) is 17.5 Å². The van der Waals surface area contributed by atoms with Gasteiger partial charge in [-0.3, -0.25) is 4.79 Å². The van der Waals surface area contributed by atoms with E-state index < -0.39 is 38.9 Å². The van der Waals surface area contributed by atoms with Crippen molar-refractivity contribution >= 4 is 39.2 Å². The molecule has 2 aromatic rings. The number of anilines is 1. The number of nitrogens with one attached hydrogen (secondary N) is 1. The van der Waals surface area contributed by atoms with Gasteiger partial charge in [-0.2, -0.15) is 0 Å². The summed E-state index contributed by atoms with van der Waals surface area (Å²) in [5.74, 6) is -1.73. The zero-order valence-electron chi connectivity index (χ0n) is 13.7. The number of amides is 1. The van der Waals surface area contributed by atoms with Crippen LogP contribution in [0, 0.1) is 0 Å². The summed E-state index contributed by atoms with van der Waals surface area (Å²) in [6.45, 7) is 1.33. The van der Waals surface area contributed by atoms with Gasteiger partial charge in [0.2, 0.25) is 10.9 Å². The number of furan rings is 1. The fraction of sp³-hybridized carbons (Fsp3) is 0.200. The van der Waals surface area contributed by atoms with Gasteiger partial charge < -0.3 is 19.2 Å². The van der Waals surface area contributed by atoms with Crippen LogP contribution in [-0.2, 0) is 19.6 Å². The Morgan fingerprint density at radius 1 is 1.27 bits per heavy atom. The van der Waals surface area contributed by atoms with Crippen LogP contribution in [0.15, 0.2) is 39.8 Å². The fourth-order valence-corrected chi connectivity index (χ4v) is 2.50. The first-order valence-electron chi connectivity index (χ1n) is 7.10. The van der Waals surface area contributed by atoms with Gasteiger partial charge in [0.05, 0.1) is 12.8 Å². The third-order valence-electron chi connectivity index (χ3n) is 3.14. The van der Waals surface area contributed by atoms with Crippen molar-refractivity contribution in [1.29, 1.82) is 0 Å². The number of hydrogen-bond donors (Lipinski definition) is 2. The summed E-state index contributed by atoms with van der Waals surface area (Å²) in [7, 11) is -2.67. The Morgan fingerprint density at radius 3 is 2.54 bits per heavy atom. The highest BCUT2D eigenvalue weighted by atomic mass is 35.5. The van der Waals surface area contributed by atoms with Crippen molar-refractivity contribution in [2.75, 3.05) is 12.4 Å². The minimum absolute atomic E-state index is 0.294. The number of ether oxygens (including phenoxy) is 2. The van der Waals surface area contributed by atoms with E-state index in [2.05, 4.69) is 5.32 Å². The molecule has 11 heteroatoms. The molecule has 1 aromatic carbocycles. The van der Waals surface area contributed by atoms with Crippen molar-refractivity contribution in [3.63, 3.8) is 0 Å². The van der Waals surface area contributed by atoms with Crippen LogP contribution < -0.4 is 15.2 Å². The van der Waals surface area contributed by atoms with Crippen LogP contribution in [0.4, 0.5) is 5.69 Å². The van der Waals surface area contributed by atoms with Gasteiger partial charge >= 0.3 is 5.97 Å². The van der Waals surface area contributed by atoms with E-state index in [4.69, 9.17) is 30.6 Å². The van der Waals surface area contributed by atoms with Gasteiger partial charge in [0.25, 0.3) is 15.9 Å². The number of halogens is 1. The highest BCUT2D eigenvalue weighted by Gasteiger charge is 2.24. The zero-order chi connectivity index (χ0) is 19.5. The number of primary sulfonamides is 1. The van der Waals surface area contributed by atoms with E-state index in [1.165, 1.54) is 20.1 Å². The van der Waals surface area contributed by atoms with E-state index in [-0.39, 0.29) is 0 Å². The molecule has 140 valence electrons. The first-order valence-corrected chi connectivity index (χ1v) is 9.02. The summed E-state index contributed by atoms with van der Waals surface area (Å²) in [6, 6.07) is 6.70. The Bertz CT molecular complexity index is 939. The summed E-state index contributed by atoms with van der Waals surface area (Å²) >= 11 is 5.88. The first-order chi connectivity index (χ1) is 12.1. The molecule has 1 atom stereocenters. The molecule has 0 fully saturated rings. The number of rotatable bonds is 6. The minimum atomic E-state index is -4.09. The highest BCUT2D eigenvalue weighted by Crippen LogP contribution is 2.27. The molecule has 0 aliphatic heterocycles. The number of carbonyl (C=O) groups excluding carboxylic acids is 2. The van der Waals surface area contributed by atoms with E-state index >= 15 is 0 Å². The van der Waals surface area contributed by atoms with Crippen LogP contribution >= 0.6 is 11.6 Å². The molecule has 0 saturated carbocycles. The van der Waals surface area contributed by atoms with Gasteiger partial charge in [-0.25, -0.2) is 18.4 Å². The van der Waals surface area contributed by atoms with E-state index in [1.54, 1.807) is 12.1 Å². The maximum Gasteiger partial charge on any atom is 0.375 e. The van der Waals surface area contributed by atoms with Crippen molar-refractivity contribution in [2.24, 2.45) is 5.14 Å².